The second-order valence-corrected chi connectivity index (χ2v) is 8.15. The molecule has 1 N–H and O–H groups in total. The van der Waals surface area contributed by atoms with Gasteiger partial charge in [0.2, 0.25) is 0 Å². The molecule has 20 heavy (non-hydrogen) atoms. The summed E-state index contributed by atoms with van der Waals surface area (Å²) in [4.78, 5) is 15.6. The molecular weight excluding hydrogens is 280 g/mol. The minimum atomic E-state index is -3.00. The van der Waals surface area contributed by atoms with Crippen molar-refractivity contribution in [1.82, 2.24) is 9.55 Å². The summed E-state index contributed by atoms with van der Waals surface area (Å²) < 4.78 is 25.2. The quantitative estimate of drug-likeness (QED) is 0.882. The van der Waals surface area contributed by atoms with Crippen LogP contribution in [0.5, 0.6) is 0 Å². The van der Waals surface area contributed by atoms with E-state index in [1.54, 1.807) is 0 Å². The van der Waals surface area contributed by atoms with Crippen molar-refractivity contribution in [1.29, 1.82) is 0 Å². The molecule has 0 saturated carbocycles. The van der Waals surface area contributed by atoms with E-state index in [4.69, 9.17) is 0 Å². The summed E-state index contributed by atoms with van der Waals surface area (Å²) in [6.45, 7) is 2.86. The highest BCUT2D eigenvalue weighted by atomic mass is 32.2. The Morgan fingerprint density at radius 2 is 2.15 bits per heavy atom. The summed E-state index contributed by atoms with van der Waals surface area (Å²) in [6.07, 6.45) is 2.20. The average molecular weight is 298 g/mol. The van der Waals surface area contributed by atoms with Gasteiger partial charge in [-0.2, -0.15) is 0 Å². The maximum atomic E-state index is 11.6. The Morgan fingerprint density at radius 3 is 2.75 bits per heavy atom. The van der Waals surface area contributed by atoms with Gasteiger partial charge in [0.05, 0.1) is 17.2 Å². The zero-order valence-electron chi connectivity index (χ0n) is 11.4. The van der Waals surface area contributed by atoms with Gasteiger partial charge in [-0.05, 0) is 25.2 Å². The highest BCUT2D eigenvalue weighted by Gasteiger charge is 2.35. The number of aromatic carboxylic acids is 1. The molecule has 0 radical (unpaired) electrons. The van der Waals surface area contributed by atoms with E-state index in [1.165, 1.54) is 0 Å². The third-order valence-corrected chi connectivity index (χ3v) is 6.04. The van der Waals surface area contributed by atoms with Gasteiger partial charge in [0.1, 0.15) is 5.82 Å². The minimum absolute atomic E-state index is 0.0941. The number of carbonyl (C=O) groups is 1. The van der Waals surface area contributed by atoms with E-state index in [-0.39, 0.29) is 23.1 Å². The molecule has 3 rings (SSSR count). The fraction of sp³-hybridized carbons (Fsp3) is 0.692. The summed E-state index contributed by atoms with van der Waals surface area (Å²) in [5.74, 6) is 0.224. The number of rotatable bonds is 2. The Morgan fingerprint density at radius 1 is 1.40 bits per heavy atom. The van der Waals surface area contributed by atoms with Crippen LogP contribution in [-0.4, -0.2) is 40.6 Å². The molecule has 0 amide bonds. The Bertz CT molecular complexity index is 662. The zero-order valence-corrected chi connectivity index (χ0v) is 12.2. The van der Waals surface area contributed by atoms with Gasteiger partial charge in [0.15, 0.2) is 15.5 Å². The number of imidazole rings is 1. The summed E-state index contributed by atoms with van der Waals surface area (Å²) in [6, 6.07) is 0. The lowest BCUT2D eigenvalue weighted by molar-refractivity contribution is 0.0689. The smallest absolute Gasteiger partial charge is 0.356 e. The number of hydrogen-bond donors (Lipinski definition) is 1. The van der Waals surface area contributed by atoms with E-state index >= 15 is 0 Å². The van der Waals surface area contributed by atoms with Gasteiger partial charge in [-0.15, -0.1) is 0 Å². The molecule has 1 aromatic rings. The van der Waals surface area contributed by atoms with Gasteiger partial charge in [-0.25, -0.2) is 18.2 Å². The predicted molar refractivity (Wildman–Crippen MR) is 72.7 cm³/mol. The van der Waals surface area contributed by atoms with Crippen LogP contribution in [0.1, 0.15) is 47.7 Å². The molecule has 0 bridgehead atoms. The highest BCUT2D eigenvalue weighted by Crippen LogP contribution is 2.33. The SMILES string of the molecule is CC1CCc2c(C(=O)O)nc(C3CCS(=O)(=O)C3)n2C1. The zero-order chi connectivity index (χ0) is 14.5. The minimum Gasteiger partial charge on any atom is -0.476 e. The van der Waals surface area contributed by atoms with Crippen LogP contribution in [-0.2, 0) is 22.8 Å². The van der Waals surface area contributed by atoms with Gasteiger partial charge in [0, 0.05) is 12.5 Å². The summed E-state index contributed by atoms with van der Waals surface area (Å²) in [5, 5.41) is 9.27. The molecule has 0 aliphatic carbocycles. The van der Waals surface area contributed by atoms with Crippen molar-refractivity contribution in [2.24, 2.45) is 5.92 Å². The van der Waals surface area contributed by atoms with E-state index < -0.39 is 15.8 Å². The number of carboxylic acids is 1. The van der Waals surface area contributed by atoms with Crippen molar-refractivity contribution < 1.29 is 18.3 Å². The molecule has 2 atom stereocenters. The summed E-state index contributed by atoms with van der Waals surface area (Å²) in [5.41, 5.74) is 0.867. The van der Waals surface area contributed by atoms with Gasteiger partial charge in [-0.1, -0.05) is 6.92 Å². The Balaban J connectivity index is 2.05. The fourth-order valence-electron chi connectivity index (χ4n) is 3.23. The lowest BCUT2D eigenvalue weighted by Gasteiger charge is -2.23. The van der Waals surface area contributed by atoms with Crippen LogP contribution in [0.15, 0.2) is 0 Å². The predicted octanol–water partition coefficient (Wildman–Crippen LogP) is 1.07. The topological polar surface area (TPSA) is 89.3 Å². The number of nitrogens with zero attached hydrogens (tertiary/aromatic N) is 2. The van der Waals surface area contributed by atoms with Gasteiger partial charge in [-0.3, -0.25) is 0 Å². The van der Waals surface area contributed by atoms with Gasteiger partial charge < -0.3 is 9.67 Å². The first-order valence-electron chi connectivity index (χ1n) is 6.90. The number of sulfone groups is 1. The van der Waals surface area contributed by atoms with E-state index in [1.807, 2.05) is 4.57 Å². The average Bonchev–Trinajstić information content (AvgIpc) is 2.89. The van der Waals surface area contributed by atoms with Crippen LogP contribution in [0.3, 0.4) is 0 Å². The van der Waals surface area contributed by atoms with E-state index in [2.05, 4.69) is 11.9 Å². The largest absolute Gasteiger partial charge is 0.476 e. The van der Waals surface area contributed by atoms with Crippen molar-refractivity contribution in [3.05, 3.63) is 17.2 Å². The summed E-state index contributed by atoms with van der Waals surface area (Å²) in [7, 11) is -3.00. The second kappa shape index (κ2) is 4.58. The lowest BCUT2D eigenvalue weighted by atomic mass is 9.98. The molecule has 1 aromatic heterocycles. The van der Waals surface area contributed by atoms with E-state index in [0.717, 1.165) is 18.7 Å². The third-order valence-electron chi connectivity index (χ3n) is 4.27. The fourth-order valence-corrected chi connectivity index (χ4v) is 4.97. The monoisotopic (exact) mass is 298 g/mol. The first kappa shape index (κ1) is 13.6. The second-order valence-electron chi connectivity index (χ2n) is 5.92. The van der Waals surface area contributed by atoms with Crippen molar-refractivity contribution in [3.8, 4) is 0 Å². The Labute approximate surface area is 117 Å². The van der Waals surface area contributed by atoms with Crippen LogP contribution in [0.2, 0.25) is 0 Å². The molecule has 3 heterocycles. The molecule has 2 unspecified atom stereocenters. The van der Waals surface area contributed by atoms with E-state index in [0.29, 0.717) is 24.6 Å². The molecule has 0 spiro atoms. The van der Waals surface area contributed by atoms with Crippen LogP contribution >= 0.6 is 0 Å². The molecule has 0 aromatic carbocycles. The van der Waals surface area contributed by atoms with Crippen molar-refractivity contribution in [2.45, 2.75) is 38.6 Å². The maximum Gasteiger partial charge on any atom is 0.356 e. The van der Waals surface area contributed by atoms with Crippen LogP contribution < -0.4 is 0 Å². The first-order valence-corrected chi connectivity index (χ1v) is 8.72. The number of aromatic nitrogens is 2. The molecule has 2 aliphatic heterocycles. The van der Waals surface area contributed by atoms with Crippen molar-refractivity contribution in [2.75, 3.05) is 11.5 Å². The standard InChI is InChI=1S/C13H18N2O4S/c1-8-2-3-10-11(13(16)17)14-12(15(10)6-8)9-4-5-20(18,19)7-9/h8-9H,2-7H2,1H3,(H,16,17). The first-order chi connectivity index (χ1) is 9.37. The number of fused-ring (bicyclic) bond motifs is 1. The van der Waals surface area contributed by atoms with E-state index in [9.17, 15) is 18.3 Å². The normalized spacial score (nSPS) is 28.2. The highest BCUT2D eigenvalue weighted by molar-refractivity contribution is 7.91. The van der Waals surface area contributed by atoms with Crippen LogP contribution in [0, 0.1) is 5.92 Å². The molecular formula is C13H18N2O4S. The van der Waals surface area contributed by atoms with Crippen molar-refractivity contribution in [3.63, 3.8) is 0 Å². The molecule has 1 fully saturated rings. The molecule has 2 aliphatic rings. The van der Waals surface area contributed by atoms with Gasteiger partial charge >= 0.3 is 5.97 Å². The Kier molecular flexibility index (Phi) is 3.12. The molecule has 110 valence electrons. The number of carboxylic acid groups (broad SMARTS) is 1. The molecule has 7 heteroatoms. The number of hydrogen-bond acceptors (Lipinski definition) is 4. The Hall–Kier alpha value is -1.37. The van der Waals surface area contributed by atoms with Crippen molar-refractivity contribution >= 4 is 15.8 Å². The maximum absolute atomic E-state index is 11.6. The van der Waals surface area contributed by atoms with Gasteiger partial charge in [0.25, 0.3) is 0 Å². The van der Waals surface area contributed by atoms with Crippen LogP contribution in [0.4, 0.5) is 0 Å². The third kappa shape index (κ3) is 2.24. The molecule has 6 nitrogen and oxygen atoms in total. The lowest BCUT2D eigenvalue weighted by Crippen LogP contribution is -2.22. The molecule has 1 saturated heterocycles. The summed E-state index contributed by atoms with van der Waals surface area (Å²) >= 11 is 0. The van der Waals surface area contributed by atoms with Crippen LogP contribution in [0.25, 0.3) is 0 Å².